The molecule has 3 aromatic rings. The number of anilines is 1. The molecule has 8 nitrogen and oxygen atoms in total. The fourth-order valence-corrected chi connectivity index (χ4v) is 3.81. The topological polar surface area (TPSA) is 100 Å². The highest BCUT2D eigenvalue weighted by Gasteiger charge is 2.24. The molecule has 0 amide bonds. The maximum Gasteiger partial charge on any atom is 0.244 e. The summed E-state index contributed by atoms with van der Waals surface area (Å²) in [6.45, 7) is 1.47. The van der Waals surface area contributed by atoms with E-state index < -0.39 is 11.2 Å². The van der Waals surface area contributed by atoms with Crippen LogP contribution >= 0.6 is 11.6 Å². The Bertz CT molecular complexity index is 871. The van der Waals surface area contributed by atoms with Crippen LogP contribution in [-0.2, 0) is 17.8 Å². The van der Waals surface area contributed by atoms with Crippen LogP contribution in [-0.4, -0.2) is 49.1 Å². The van der Waals surface area contributed by atoms with Crippen molar-refractivity contribution in [1.29, 1.82) is 0 Å². The third-order valence-corrected chi connectivity index (χ3v) is 5.26. The number of fused-ring (bicyclic) bond motifs is 1. The van der Waals surface area contributed by atoms with Crippen molar-refractivity contribution in [2.24, 2.45) is 0 Å². The monoisotopic (exact) mass is 379 g/mol. The second kappa shape index (κ2) is 7.03. The SMILES string of the molecule is [O-][S+]1CCN(c2nc(Cl)nc3c(OCc4ccco4)ncnc23)CC1. The zero-order chi connectivity index (χ0) is 17.2. The summed E-state index contributed by atoms with van der Waals surface area (Å²) in [4.78, 5) is 19.0. The van der Waals surface area contributed by atoms with Crippen LogP contribution in [0.2, 0.25) is 5.28 Å². The molecule has 0 N–H and O–H groups in total. The van der Waals surface area contributed by atoms with Gasteiger partial charge < -0.3 is 18.6 Å². The number of hydrogen-bond donors (Lipinski definition) is 0. The van der Waals surface area contributed by atoms with Gasteiger partial charge in [0.15, 0.2) is 11.3 Å². The number of nitrogens with zero attached hydrogens (tertiary/aromatic N) is 5. The Balaban J connectivity index is 1.69. The van der Waals surface area contributed by atoms with E-state index in [-0.39, 0.29) is 11.9 Å². The van der Waals surface area contributed by atoms with Gasteiger partial charge in [0.25, 0.3) is 0 Å². The van der Waals surface area contributed by atoms with Gasteiger partial charge in [0.2, 0.25) is 11.2 Å². The predicted octanol–water partition coefficient (Wildman–Crippen LogP) is 1.81. The molecule has 0 aliphatic carbocycles. The Hall–Kier alpha value is -2.10. The second-order valence-electron chi connectivity index (χ2n) is 5.40. The van der Waals surface area contributed by atoms with Crippen molar-refractivity contribution in [3.8, 4) is 5.88 Å². The van der Waals surface area contributed by atoms with Gasteiger partial charge >= 0.3 is 0 Å². The Labute approximate surface area is 151 Å². The average molecular weight is 380 g/mol. The van der Waals surface area contributed by atoms with Crippen LogP contribution in [0.25, 0.3) is 11.0 Å². The molecule has 0 aromatic carbocycles. The van der Waals surface area contributed by atoms with Crippen molar-refractivity contribution < 1.29 is 13.7 Å². The van der Waals surface area contributed by atoms with Gasteiger partial charge in [-0.15, -0.1) is 0 Å². The molecule has 130 valence electrons. The van der Waals surface area contributed by atoms with Crippen molar-refractivity contribution in [1.82, 2.24) is 19.9 Å². The summed E-state index contributed by atoms with van der Waals surface area (Å²) in [5, 5.41) is 0.0897. The lowest BCUT2D eigenvalue weighted by Crippen LogP contribution is -2.41. The molecule has 0 spiro atoms. The van der Waals surface area contributed by atoms with Crippen LogP contribution in [0.1, 0.15) is 5.76 Å². The molecular formula is C15H14ClN5O3S. The molecule has 4 rings (SSSR count). The Morgan fingerprint density at radius 1 is 1.24 bits per heavy atom. The van der Waals surface area contributed by atoms with Crippen LogP contribution in [0.5, 0.6) is 5.88 Å². The molecule has 1 aliphatic rings. The molecule has 10 heteroatoms. The van der Waals surface area contributed by atoms with Crippen molar-refractivity contribution in [3.63, 3.8) is 0 Å². The lowest BCUT2D eigenvalue weighted by molar-refractivity contribution is 0.263. The van der Waals surface area contributed by atoms with E-state index in [2.05, 4.69) is 19.9 Å². The summed E-state index contributed by atoms with van der Waals surface area (Å²) in [6, 6.07) is 3.60. The predicted molar refractivity (Wildman–Crippen MR) is 93.3 cm³/mol. The first-order valence-corrected chi connectivity index (χ1v) is 9.50. The fourth-order valence-electron chi connectivity index (χ4n) is 2.59. The zero-order valence-electron chi connectivity index (χ0n) is 13.1. The zero-order valence-corrected chi connectivity index (χ0v) is 14.7. The summed E-state index contributed by atoms with van der Waals surface area (Å²) < 4.78 is 22.6. The third-order valence-electron chi connectivity index (χ3n) is 3.81. The number of aromatic nitrogens is 4. The number of hydrogen-bond acceptors (Lipinski definition) is 8. The largest absolute Gasteiger partial charge is 0.616 e. The molecule has 4 heterocycles. The molecule has 1 saturated heterocycles. The van der Waals surface area contributed by atoms with Crippen LogP contribution in [0.4, 0.5) is 5.82 Å². The first kappa shape index (κ1) is 16.4. The van der Waals surface area contributed by atoms with E-state index in [1.54, 1.807) is 12.3 Å². The summed E-state index contributed by atoms with van der Waals surface area (Å²) in [7, 11) is 0. The van der Waals surface area contributed by atoms with E-state index >= 15 is 0 Å². The van der Waals surface area contributed by atoms with Crippen molar-refractivity contribution in [2.45, 2.75) is 6.61 Å². The first-order valence-electron chi connectivity index (χ1n) is 7.64. The highest BCUT2D eigenvalue weighted by molar-refractivity contribution is 7.91. The molecular weight excluding hydrogens is 366 g/mol. The van der Waals surface area contributed by atoms with Gasteiger partial charge in [0.05, 0.1) is 19.4 Å². The maximum atomic E-state index is 11.6. The van der Waals surface area contributed by atoms with Gasteiger partial charge in [0, 0.05) is 0 Å². The average Bonchev–Trinajstić information content (AvgIpc) is 3.13. The van der Waals surface area contributed by atoms with Gasteiger partial charge in [0.1, 0.15) is 35.7 Å². The van der Waals surface area contributed by atoms with Gasteiger partial charge in [-0.3, -0.25) is 0 Å². The lowest BCUT2D eigenvalue weighted by Gasteiger charge is -2.29. The lowest BCUT2D eigenvalue weighted by atomic mass is 10.3. The molecule has 0 unspecified atom stereocenters. The van der Waals surface area contributed by atoms with Crippen molar-refractivity contribution in [2.75, 3.05) is 29.5 Å². The van der Waals surface area contributed by atoms with E-state index in [1.165, 1.54) is 6.33 Å². The summed E-state index contributed by atoms with van der Waals surface area (Å²) in [5.41, 5.74) is 0.997. The van der Waals surface area contributed by atoms with Gasteiger partial charge in [-0.1, -0.05) is 11.2 Å². The highest BCUT2D eigenvalue weighted by atomic mass is 35.5. The summed E-state index contributed by atoms with van der Waals surface area (Å²) in [6.07, 6.45) is 2.98. The second-order valence-corrected chi connectivity index (χ2v) is 7.43. The first-order chi connectivity index (χ1) is 12.2. The summed E-state index contributed by atoms with van der Waals surface area (Å²) in [5.74, 6) is 2.78. The number of halogens is 1. The number of rotatable bonds is 4. The normalized spacial score (nSPS) is 15.7. The van der Waals surface area contributed by atoms with Crippen molar-refractivity contribution in [3.05, 3.63) is 35.8 Å². The van der Waals surface area contributed by atoms with Gasteiger partial charge in [-0.2, -0.15) is 9.97 Å². The molecule has 3 aromatic heterocycles. The molecule has 0 bridgehead atoms. The highest BCUT2D eigenvalue weighted by Crippen LogP contribution is 2.29. The minimum Gasteiger partial charge on any atom is -0.616 e. The molecule has 0 radical (unpaired) electrons. The van der Waals surface area contributed by atoms with E-state index in [0.29, 0.717) is 53.1 Å². The standard InChI is InChI=1S/C15H14ClN5O3S/c16-15-19-12-11(13(20-15)21-3-6-25(22)7-4-21)17-9-18-14(12)24-8-10-2-1-5-23-10/h1-2,5,9H,3-4,6-8H2. The quantitative estimate of drug-likeness (QED) is 0.499. The van der Waals surface area contributed by atoms with E-state index in [0.717, 1.165) is 0 Å². The molecule has 25 heavy (non-hydrogen) atoms. The van der Waals surface area contributed by atoms with Crippen LogP contribution in [0.15, 0.2) is 29.1 Å². The minimum atomic E-state index is -0.784. The van der Waals surface area contributed by atoms with Crippen LogP contribution < -0.4 is 9.64 Å². The van der Waals surface area contributed by atoms with Crippen LogP contribution in [0, 0.1) is 0 Å². The van der Waals surface area contributed by atoms with E-state index in [9.17, 15) is 4.55 Å². The molecule has 0 saturated carbocycles. The van der Waals surface area contributed by atoms with Gasteiger partial charge in [-0.25, -0.2) is 9.97 Å². The molecule has 1 fully saturated rings. The minimum absolute atomic E-state index is 0.0897. The van der Waals surface area contributed by atoms with Crippen LogP contribution in [0.3, 0.4) is 0 Å². The Kier molecular flexibility index (Phi) is 4.60. The Morgan fingerprint density at radius 2 is 2.08 bits per heavy atom. The van der Waals surface area contributed by atoms with Crippen molar-refractivity contribution >= 4 is 39.6 Å². The third kappa shape index (κ3) is 3.48. The maximum absolute atomic E-state index is 11.6. The smallest absolute Gasteiger partial charge is 0.244 e. The fraction of sp³-hybridized carbons (Fsp3) is 0.333. The van der Waals surface area contributed by atoms with E-state index in [4.69, 9.17) is 20.8 Å². The number of ether oxygens (including phenoxy) is 1. The molecule has 0 atom stereocenters. The van der Waals surface area contributed by atoms with E-state index in [1.807, 2.05) is 11.0 Å². The number of furan rings is 1. The van der Waals surface area contributed by atoms with Gasteiger partial charge in [-0.05, 0) is 23.7 Å². The molecule has 1 aliphatic heterocycles. The summed E-state index contributed by atoms with van der Waals surface area (Å²) >= 11 is 5.32. The Morgan fingerprint density at radius 3 is 2.84 bits per heavy atom.